The van der Waals surface area contributed by atoms with E-state index in [-0.39, 0.29) is 23.6 Å². The van der Waals surface area contributed by atoms with E-state index in [4.69, 9.17) is 0 Å². The zero-order valence-electron chi connectivity index (χ0n) is 14.4. The molecular weight excluding hydrogens is 278 g/mol. The second kappa shape index (κ2) is 7.64. The molecule has 2 amide bonds. The van der Waals surface area contributed by atoms with E-state index in [0.29, 0.717) is 13.0 Å². The molecule has 0 aromatic rings. The summed E-state index contributed by atoms with van der Waals surface area (Å²) < 4.78 is 0. The minimum absolute atomic E-state index is 0.0723. The van der Waals surface area contributed by atoms with Gasteiger partial charge in [0.15, 0.2) is 0 Å². The predicted octanol–water partition coefficient (Wildman–Crippen LogP) is 2.10. The molecule has 0 spiro atoms. The fraction of sp³-hybridized carbons (Fsp3) is 0.941. The lowest BCUT2D eigenvalue weighted by Gasteiger charge is -2.27. The van der Waals surface area contributed by atoms with Gasteiger partial charge in [-0.3, -0.25) is 4.90 Å². The summed E-state index contributed by atoms with van der Waals surface area (Å²) in [5.41, 5.74) is -0.0862. The van der Waals surface area contributed by atoms with E-state index in [1.54, 1.807) is 6.92 Å². The van der Waals surface area contributed by atoms with Crippen molar-refractivity contribution in [2.24, 2.45) is 5.41 Å². The van der Waals surface area contributed by atoms with Crippen molar-refractivity contribution in [2.45, 2.75) is 77.5 Å². The SMILES string of the molecule is C[C@H](O)CC(C)(C)CNC(=O)N[C@@H]1CCN(C2CCCC2)C1. The van der Waals surface area contributed by atoms with Crippen LogP contribution in [0.5, 0.6) is 0 Å². The second-order valence-corrected chi connectivity index (χ2v) is 7.96. The summed E-state index contributed by atoms with van der Waals surface area (Å²) in [6, 6.07) is 0.956. The lowest BCUT2D eigenvalue weighted by molar-refractivity contribution is 0.128. The number of nitrogens with one attached hydrogen (secondary N) is 2. The molecule has 3 N–H and O–H groups in total. The van der Waals surface area contributed by atoms with Gasteiger partial charge in [-0.05, 0) is 38.0 Å². The Morgan fingerprint density at radius 1 is 1.32 bits per heavy atom. The molecule has 2 fully saturated rings. The molecule has 0 unspecified atom stereocenters. The van der Waals surface area contributed by atoms with Crippen molar-refractivity contribution in [1.29, 1.82) is 0 Å². The molecule has 1 aliphatic carbocycles. The van der Waals surface area contributed by atoms with Crippen LogP contribution in [-0.2, 0) is 0 Å². The Hall–Kier alpha value is -0.810. The van der Waals surface area contributed by atoms with E-state index in [9.17, 15) is 9.90 Å². The maximum Gasteiger partial charge on any atom is 0.315 e. The number of urea groups is 1. The van der Waals surface area contributed by atoms with Gasteiger partial charge in [-0.15, -0.1) is 0 Å². The first-order valence-electron chi connectivity index (χ1n) is 8.82. The van der Waals surface area contributed by atoms with Gasteiger partial charge in [-0.1, -0.05) is 26.7 Å². The molecule has 2 aliphatic rings. The Morgan fingerprint density at radius 3 is 2.64 bits per heavy atom. The quantitative estimate of drug-likeness (QED) is 0.704. The van der Waals surface area contributed by atoms with E-state index in [0.717, 1.165) is 25.6 Å². The first-order chi connectivity index (χ1) is 10.4. The molecule has 1 heterocycles. The molecule has 22 heavy (non-hydrogen) atoms. The van der Waals surface area contributed by atoms with E-state index in [1.165, 1.54) is 25.7 Å². The molecule has 0 aromatic carbocycles. The number of nitrogens with zero attached hydrogens (tertiary/aromatic N) is 1. The Balaban J connectivity index is 1.67. The summed E-state index contributed by atoms with van der Waals surface area (Å²) >= 11 is 0. The normalized spacial score (nSPS) is 25.4. The average molecular weight is 311 g/mol. The highest BCUT2D eigenvalue weighted by atomic mass is 16.3. The molecule has 0 aromatic heterocycles. The fourth-order valence-electron chi connectivity index (χ4n) is 3.93. The maximum atomic E-state index is 12.1. The van der Waals surface area contributed by atoms with Gasteiger partial charge >= 0.3 is 6.03 Å². The third kappa shape index (κ3) is 5.43. The molecule has 1 saturated heterocycles. The third-order valence-electron chi connectivity index (χ3n) is 4.97. The minimum atomic E-state index is -0.338. The Morgan fingerprint density at radius 2 is 2.00 bits per heavy atom. The average Bonchev–Trinajstić information content (AvgIpc) is 3.05. The number of carbonyl (C=O) groups is 1. The molecular formula is C17H33N3O2. The molecule has 128 valence electrons. The minimum Gasteiger partial charge on any atom is -0.393 e. The van der Waals surface area contributed by atoms with Crippen molar-refractivity contribution in [3.8, 4) is 0 Å². The van der Waals surface area contributed by atoms with Crippen molar-refractivity contribution in [3.63, 3.8) is 0 Å². The first kappa shape index (κ1) is 17.5. The van der Waals surface area contributed by atoms with E-state index in [2.05, 4.69) is 29.4 Å². The van der Waals surface area contributed by atoms with Crippen LogP contribution in [0.4, 0.5) is 4.79 Å². The number of rotatable bonds is 6. The van der Waals surface area contributed by atoms with E-state index < -0.39 is 0 Å². The number of aliphatic hydroxyl groups is 1. The van der Waals surface area contributed by atoms with Gasteiger partial charge in [0.25, 0.3) is 0 Å². The maximum absolute atomic E-state index is 12.1. The fourth-order valence-corrected chi connectivity index (χ4v) is 3.93. The van der Waals surface area contributed by atoms with Gasteiger partial charge < -0.3 is 15.7 Å². The lowest BCUT2D eigenvalue weighted by Crippen LogP contribution is -2.46. The smallest absolute Gasteiger partial charge is 0.315 e. The summed E-state index contributed by atoms with van der Waals surface area (Å²) in [5, 5.41) is 15.5. The zero-order valence-corrected chi connectivity index (χ0v) is 14.4. The van der Waals surface area contributed by atoms with Crippen LogP contribution in [0.3, 0.4) is 0 Å². The summed E-state index contributed by atoms with van der Waals surface area (Å²) in [5.74, 6) is 0. The van der Waals surface area contributed by atoms with E-state index in [1.807, 2.05) is 0 Å². The zero-order chi connectivity index (χ0) is 16.2. The number of likely N-dealkylation sites (tertiary alicyclic amines) is 1. The van der Waals surface area contributed by atoms with Crippen LogP contribution in [0.25, 0.3) is 0 Å². The Bertz CT molecular complexity index is 365. The Kier molecular flexibility index (Phi) is 6.09. The van der Waals surface area contributed by atoms with Crippen LogP contribution in [0, 0.1) is 5.41 Å². The molecule has 0 bridgehead atoms. The van der Waals surface area contributed by atoms with Gasteiger partial charge in [0, 0.05) is 31.7 Å². The standard InChI is InChI=1S/C17H33N3O2/c1-13(21)10-17(2,3)12-18-16(22)19-14-8-9-20(11-14)15-6-4-5-7-15/h13-15,21H,4-12H2,1-3H3,(H2,18,19,22)/t13-,14+/m0/s1. The van der Waals surface area contributed by atoms with Crippen molar-refractivity contribution in [3.05, 3.63) is 0 Å². The molecule has 5 heteroatoms. The number of aliphatic hydroxyl groups excluding tert-OH is 1. The predicted molar refractivity (Wildman–Crippen MR) is 88.8 cm³/mol. The van der Waals surface area contributed by atoms with Gasteiger partial charge in [0.1, 0.15) is 0 Å². The summed E-state index contributed by atoms with van der Waals surface area (Å²) in [7, 11) is 0. The highest BCUT2D eigenvalue weighted by molar-refractivity contribution is 5.74. The molecule has 5 nitrogen and oxygen atoms in total. The highest BCUT2D eigenvalue weighted by Crippen LogP contribution is 2.26. The van der Waals surface area contributed by atoms with Crippen LogP contribution >= 0.6 is 0 Å². The molecule has 1 aliphatic heterocycles. The molecule has 2 rings (SSSR count). The lowest BCUT2D eigenvalue weighted by atomic mass is 9.87. The van der Waals surface area contributed by atoms with Crippen molar-refractivity contribution >= 4 is 6.03 Å². The number of amides is 2. The summed E-state index contributed by atoms with van der Waals surface area (Å²) in [6.45, 7) is 8.62. The molecule has 1 saturated carbocycles. The number of hydrogen-bond acceptors (Lipinski definition) is 3. The highest BCUT2D eigenvalue weighted by Gasteiger charge is 2.30. The Labute approximate surface area is 134 Å². The van der Waals surface area contributed by atoms with Crippen molar-refractivity contribution in [1.82, 2.24) is 15.5 Å². The van der Waals surface area contributed by atoms with Gasteiger partial charge in [-0.25, -0.2) is 4.79 Å². The topological polar surface area (TPSA) is 64.6 Å². The molecule has 2 atom stereocenters. The van der Waals surface area contributed by atoms with Crippen molar-refractivity contribution < 1.29 is 9.90 Å². The third-order valence-corrected chi connectivity index (χ3v) is 4.97. The number of hydrogen-bond donors (Lipinski definition) is 3. The largest absolute Gasteiger partial charge is 0.393 e. The van der Waals surface area contributed by atoms with Gasteiger partial charge in [0.2, 0.25) is 0 Å². The summed E-state index contributed by atoms with van der Waals surface area (Å²) in [6.07, 6.45) is 6.78. The first-order valence-corrected chi connectivity index (χ1v) is 8.82. The van der Waals surface area contributed by atoms with Crippen molar-refractivity contribution in [2.75, 3.05) is 19.6 Å². The monoisotopic (exact) mass is 311 g/mol. The molecule has 0 radical (unpaired) electrons. The second-order valence-electron chi connectivity index (χ2n) is 7.96. The van der Waals surface area contributed by atoms with Gasteiger partial charge in [0.05, 0.1) is 6.10 Å². The van der Waals surface area contributed by atoms with Crippen LogP contribution in [0.15, 0.2) is 0 Å². The van der Waals surface area contributed by atoms with Crippen LogP contribution < -0.4 is 10.6 Å². The van der Waals surface area contributed by atoms with Gasteiger partial charge in [-0.2, -0.15) is 0 Å². The van der Waals surface area contributed by atoms with Crippen LogP contribution in [-0.4, -0.2) is 53.9 Å². The van der Waals surface area contributed by atoms with Crippen LogP contribution in [0.1, 0.15) is 59.3 Å². The van der Waals surface area contributed by atoms with Crippen LogP contribution in [0.2, 0.25) is 0 Å². The van der Waals surface area contributed by atoms with E-state index >= 15 is 0 Å². The summed E-state index contributed by atoms with van der Waals surface area (Å²) in [4.78, 5) is 14.6. The number of carbonyl (C=O) groups excluding carboxylic acids is 1.